The van der Waals surface area contributed by atoms with Crippen LogP contribution in [0.4, 0.5) is 23.0 Å². The summed E-state index contributed by atoms with van der Waals surface area (Å²) in [6, 6.07) is 17.4. The summed E-state index contributed by atoms with van der Waals surface area (Å²) >= 11 is 0. The highest BCUT2D eigenvalue weighted by molar-refractivity contribution is 6.14. The van der Waals surface area contributed by atoms with E-state index >= 15 is 0 Å². The van der Waals surface area contributed by atoms with Crippen molar-refractivity contribution in [3.63, 3.8) is 0 Å². The highest BCUT2D eigenvalue weighted by Crippen LogP contribution is 2.24. The van der Waals surface area contributed by atoms with Crippen molar-refractivity contribution in [3.8, 4) is 0 Å². The van der Waals surface area contributed by atoms with E-state index in [0.717, 1.165) is 37.3 Å². The van der Waals surface area contributed by atoms with E-state index in [1.54, 1.807) is 12.1 Å². The van der Waals surface area contributed by atoms with Crippen LogP contribution >= 0.6 is 0 Å². The van der Waals surface area contributed by atoms with Gasteiger partial charge in [0, 0.05) is 29.5 Å². The predicted octanol–water partition coefficient (Wildman–Crippen LogP) is 3.20. The standard InChI is InChI=1S/C22H24N6O/c23-21-19(22(26-14-25-21)28-18-7-4-12-24-13-18)20(29)15-8-10-17(11-9-15)27-16-5-2-1-3-6-16/h1-3,5-6,8-11,14,18,24,27H,4,7,12-13H2,(H3,23,25,26,28)/t18-/m1/s1. The van der Waals surface area contributed by atoms with Crippen LogP contribution in [-0.2, 0) is 0 Å². The molecule has 0 saturated carbocycles. The topological polar surface area (TPSA) is 105 Å². The van der Waals surface area contributed by atoms with Crippen molar-refractivity contribution in [1.29, 1.82) is 0 Å². The van der Waals surface area contributed by atoms with Crippen molar-refractivity contribution in [1.82, 2.24) is 15.3 Å². The van der Waals surface area contributed by atoms with Gasteiger partial charge in [-0.2, -0.15) is 0 Å². The summed E-state index contributed by atoms with van der Waals surface area (Å²) in [5.41, 5.74) is 8.80. The normalized spacial score (nSPS) is 16.2. The molecule has 1 saturated heterocycles. The lowest BCUT2D eigenvalue weighted by atomic mass is 10.0. The summed E-state index contributed by atoms with van der Waals surface area (Å²) in [7, 11) is 0. The Morgan fingerprint density at radius 1 is 1.03 bits per heavy atom. The maximum absolute atomic E-state index is 13.2. The van der Waals surface area contributed by atoms with Gasteiger partial charge in [-0.05, 0) is 55.8 Å². The van der Waals surface area contributed by atoms with E-state index in [4.69, 9.17) is 5.73 Å². The molecule has 148 valence electrons. The molecular weight excluding hydrogens is 364 g/mol. The second-order valence-electron chi connectivity index (χ2n) is 7.07. The molecule has 3 aromatic rings. The Morgan fingerprint density at radius 2 is 1.79 bits per heavy atom. The van der Waals surface area contributed by atoms with Gasteiger partial charge in [-0.25, -0.2) is 9.97 Å². The second kappa shape index (κ2) is 8.70. The van der Waals surface area contributed by atoms with E-state index in [1.807, 2.05) is 42.5 Å². The molecule has 29 heavy (non-hydrogen) atoms. The molecule has 7 nitrogen and oxygen atoms in total. The molecule has 1 fully saturated rings. The Hall–Kier alpha value is -3.45. The minimum atomic E-state index is -0.194. The van der Waals surface area contributed by atoms with Gasteiger partial charge in [0.2, 0.25) is 0 Å². The number of ketones is 1. The zero-order valence-electron chi connectivity index (χ0n) is 16.1. The van der Waals surface area contributed by atoms with Gasteiger partial charge in [-0.15, -0.1) is 0 Å². The van der Waals surface area contributed by atoms with Crippen LogP contribution in [-0.4, -0.2) is 34.9 Å². The Labute approximate surface area is 169 Å². The summed E-state index contributed by atoms with van der Waals surface area (Å²) in [6.45, 7) is 1.84. The monoisotopic (exact) mass is 388 g/mol. The molecule has 0 bridgehead atoms. The Bertz CT molecular complexity index is 968. The van der Waals surface area contributed by atoms with E-state index < -0.39 is 0 Å². The van der Waals surface area contributed by atoms with E-state index in [0.29, 0.717) is 16.9 Å². The van der Waals surface area contributed by atoms with Crippen molar-refractivity contribution < 1.29 is 4.79 Å². The van der Waals surface area contributed by atoms with E-state index in [9.17, 15) is 4.79 Å². The number of piperidine rings is 1. The van der Waals surface area contributed by atoms with Crippen LogP contribution in [0.15, 0.2) is 60.9 Å². The fourth-order valence-electron chi connectivity index (χ4n) is 3.44. The number of nitrogens with one attached hydrogen (secondary N) is 3. The molecule has 2 heterocycles. The maximum atomic E-state index is 13.2. The molecule has 1 aliphatic heterocycles. The van der Waals surface area contributed by atoms with Crippen molar-refractivity contribution in [2.45, 2.75) is 18.9 Å². The summed E-state index contributed by atoms with van der Waals surface area (Å²) in [4.78, 5) is 21.5. The Morgan fingerprint density at radius 3 is 2.52 bits per heavy atom. The molecule has 4 rings (SSSR count). The fourth-order valence-corrected chi connectivity index (χ4v) is 3.44. The minimum Gasteiger partial charge on any atom is -0.383 e. The molecule has 0 radical (unpaired) electrons. The highest BCUT2D eigenvalue weighted by atomic mass is 16.1. The molecular formula is C22H24N6O. The lowest BCUT2D eigenvalue weighted by Crippen LogP contribution is -2.39. The smallest absolute Gasteiger partial charge is 0.200 e. The van der Waals surface area contributed by atoms with Crippen molar-refractivity contribution in [2.75, 3.05) is 29.5 Å². The predicted molar refractivity (Wildman–Crippen MR) is 116 cm³/mol. The number of anilines is 4. The number of hydrogen-bond donors (Lipinski definition) is 4. The van der Waals surface area contributed by atoms with Gasteiger partial charge in [0.25, 0.3) is 0 Å². The third kappa shape index (κ3) is 4.52. The Kier molecular flexibility index (Phi) is 5.67. The zero-order chi connectivity index (χ0) is 20.1. The maximum Gasteiger partial charge on any atom is 0.200 e. The average molecular weight is 388 g/mol. The molecule has 2 aromatic carbocycles. The second-order valence-corrected chi connectivity index (χ2v) is 7.07. The Balaban J connectivity index is 1.54. The molecule has 1 aliphatic rings. The average Bonchev–Trinajstić information content (AvgIpc) is 2.75. The SMILES string of the molecule is Nc1ncnc(N[C@@H]2CCCNC2)c1C(=O)c1ccc(Nc2ccccc2)cc1. The van der Waals surface area contributed by atoms with E-state index in [1.165, 1.54) is 6.33 Å². The largest absolute Gasteiger partial charge is 0.383 e. The fraction of sp³-hybridized carbons (Fsp3) is 0.227. The first-order valence-electron chi connectivity index (χ1n) is 9.75. The summed E-state index contributed by atoms with van der Waals surface area (Å²) in [5.74, 6) is 0.478. The van der Waals surface area contributed by atoms with Crippen LogP contribution in [0, 0.1) is 0 Å². The molecule has 0 spiro atoms. The van der Waals surface area contributed by atoms with Gasteiger partial charge < -0.3 is 21.7 Å². The van der Waals surface area contributed by atoms with Gasteiger partial charge in [0.1, 0.15) is 23.5 Å². The number of benzene rings is 2. The van der Waals surface area contributed by atoms with Crippen LogP contribution < -0.4 is 21.7 Å². The summed E-state index contributed by atoms with van der Waals surface area (Å²) < 4.78 is 0. The van der Waals surface area contributed by atoms with Crippen molar-refractivity contribution in [2.24, 2.45) is 0 Å². The molecule has 1 atom stereocenters. The third-order valence-corrected chi connectivity index (χ3v) is 4.95. The first kappa shape index (κ1) is 18.9. The number of nitrogen functional groups attached to an aromatic ring is 1. The molecule has 1 aromatic heterocycles. The number of hydrogen-bond acceptors (Lipinski definition) is 7. The van der Waals surface area contributed by atoms with Crippen LogP contribution in [0.5, 0.6) is 0 Å². The lowest BCUT2D eigenvalue weighted by Gasteiger charge is -2.25. The van der Waals surface area contributed by atoms with Crippen molar-refractivity contribution >= 4 is 28.8 Å². The number of nitrogens with zero attached hydrogens (tertiary/aromatic N) is 2. The van der Waals surface area contributed by atoms with E-state index in [2.05, 4.69) is 25.9 Å². The minimum absolute atomic E-state index is 0.183. The molecule has 5 N–H and O–H groups in total. The lowest BCUT2D eigenvalue weighted by molar-refractivity contribution is 0.103. The van der Waals surface area contributed by atoms with Crippen LogP contribution in [0.25, 0.3) is 0 Å². The third-order valence-electron chi connectivity index (χ3n) is 4.95. The molecule has 0 unspecified atom stereocenters. The number of rotatable bonds is 6. The van der Waals surface area contributed by atoms with Gasteiger partial charge in [0.15, 0.2) is 5.78 Å². The molecule has 0 aliphatic carbocycles. The zero-order valence-corrected chi connectivity index (χ0v) is 16.1. The van der Waals surface area contributed by atoms with Crippen LogP contribution in [0.1, 0.15) is 28.8 Å². The van der Waals surface area contributed by atoms with E-state index in [-0.39, 0.29) is 17.6 Å². The van der Waals surface area contributed by atoms with Gasteiger partial charge in [0.05, 0.1) is 0 Å². The van der Waals surface area contributed by atoms with Crippen LogP contribution in [0.3, 0.4) is 0 Å². The van der Waals surface area contributed by atoms with Crippen LogP contribution in [0.2, 0.25) is 0 Å². The number of carbonyl (C=O) groups excluding carboxylic acids is 1. The number of nitrogens with two attached hydrogens (primary N) is 1. The van der Waals surface area contributed by atoms with Crippen molar-refractivity contribution in [3.05, 3.63) is 72.1 Å². The van der Waals surface area contributed by atoms with Gasteiger partial charge in [-0.3, -0.25) is 4.79 Å². The number of aromatic nitrogens is 2. The first-order chi connectivity index (χ1) is 14.2. The summed E-state index contributed by atoms with van der Waals surface area (Å²) in [5, 5.41) is 10.0. The molecule has 7 heteroatoms. The van der Waals surface area contributed by atoms with Gasteiger partial charge >= 0.3 is 0 Å². The summed E-state index contributed by atoms with van der Waals surface area (Å²) in [6.07, 6.45) is 3.49. The number of para-hydroxylation sites is 1. The first-order valence-corrected chi connectivity index (χ1v) is 9.75. The highest BCUT2D eigenvalue weighted by Gasteiger charge is 2.22. The number of carbonyl (C=O) groups is 1. The molecule has 0 amide bonds. The quantitative estimate of drug-likeness (QED) is 0.481. The van der Waals surface area contributed by atoms with Gasteiger partial charge in [-0.1, -0.05) is 18.2 Å².